The zero-order chi connectivity index (χ0) is 40.4. The van der Waals surface area contributed by atoms with Gasteiger partial charge in [0.2, 0.25) is 0 Å². The Morgan fingerprint density at radius 3 is 1.60 bits per heavy atom. The average Bonchev–Trinajstić information content (AvgIpc) is 3.17. The number of aliphatic hydroxyl groups is 3. The van der Waals surface area contributed by atoms with Crippen LogP contribution in [-0.2, 0) is 33.3 Å². The van der Waals surface area contributed by atoms with E-state index in [4.69, 9.17) is 18.9 Å². The Morgan fingerprint density at radius 2 is 1.07 bits per heavy atom. The number of aliphatic carboxylic acids is 1. The molecule has 0 radical (unpaired) electrons. The second-order valence-electron chi connectivity index (χ2n) is 14.1. The number of carboxylic acids is 1. The van der Waals surface area contributed by atoms with Gasteiger partial charge in [0.1, 0.15) is 24.9 Å². The molecule has 6 atom stereocenters. The van der Waals surface area contributed by atoms with E-state index in [1.165, 1.54) is 51.4 Å². The molecule has 0 aromatic carbocycles. The first-order valence-corrected chi connectivity index (χ1v) is 20.8. The molecule has 1 aliphatic heterocycles. The minimum absolute atomic E-state index is 0.156. The molecule has 0 aromatic heterocycles. The number of unbranched alkanes of at least 4 members (excludes halogenated alkanes) is 12. The molecule has 1 saturated heterocycles. The monoisotopic (exact) mass is 777 g/mol. The van der Waals surface area contributed by atoms with E-state index in [1.54, 1.807) is 0 Å². The average molecular weight is 777 g/mol. The summed E-state index contributed by atoms with van der Waals surface area (Å²) in [6.07, 6.45) is 31.4. The Kier molecular flexibility index (Phi) is 31.0. The molecule has 6 unspecified atom stereocenters. The van der Waals surface area contributed by atoms with E-state index in [0.29, 0.717) is 19.3 Å². The van der Waals surface area contributed by atoms with E-state index in [2.05, 4.69) is 62.5 Å². The van der Waals surface area contributed by atoms with Crippen molar-refractivity contribution in [2.75, 3.05) is 13.2 Å². The summed E-state index contributed by atoms with van der Waals surface area (Å²) >= 11 is 0. The predicted octanol–water partition coefficient (Wildman–Crippen LogP) is 8.36. The van der Waals surface area contributed by atoms with Gasteiger partial charge in [0.15, 0.2) is 18.5 Å². The van der Waals surface area contributed by atoms with Gasteiger partial charge in [0.25, 0.3) is 0 Å². The summed E-state index contributed by atoms with van der Waals surface area (Å²) in [6, 6.07) is 0. The number of allylic oxidation sites excluding steroid dienone is 10. The highest BCUT2D eigenvalue weighted by Gasteiger charge is 2.47. The van der Waals surface area contributed by atoms with E-state index in [0.717, 1.165) is 51.4 Å². The third-order valence-corrected chi connectivity index (χ3v) is 9.13. The third-order valence-electron chi connectivity index (χ3n) is 9.13. The van der Waals surface area contributed by atoms with Crippen molar-refractivity contribution in [1.29, 1.82) is 0 Å². The number of carbonyl (C=O) groups excluding carboxylic acids is 2. The zero-order valence-electron chi connectivity index (χ0n) is 33.6. The number of aliphatic hydroxyl groups excluding tert-OH is 3. The van der Waals surface area contributed by atoms with Gasteiger partial charge < -0.3 is 39.4 Å². The Labute approximate surface area is 330 Å². The Balaban J connectivity index is 2.45. The van der Waals surface area contributed by atoms with Crippen LogP contribution in [0.5, 0.6) is 0 Å². The molecule has 1 heterocycles. The maximum Gasteiger partial charge on any atom is 0.335 e. The highest BCUT2D eigenvalue weighted by atomic mass is 16.7. The largest absolute Gasteiger partial charge is 0.479 e. The van der Waals surface area contributed by atoms with Crippen LogP contribution in [0.3, 0.4) is 0 Å². The van der Waals surface area contributed by atoms with Crippen molar-refractivity contribution in [3.05, 3.63) is 60.8 Å². The number of carboxylic acid groups (broad SMARTS) is 1. The lowest BCUT2D eigenvalue weighted by atomic mass is 9.99. The van der Waals surface area contributed by atoms with Crippen LogP contribution in [0.4, 0.5) is 0 Å². The van der Waals surface area contributed by atoms with Crippen LogP contribution in [0.2, 0.25) is 0 Å². The lowest BCUT2D eigenvalue weighted by Gasteiger charge is -2.38. The van der Waals surface area contributed by atoms with Crippen molar-refractivity contribution in [1.82, 2.24) is 0 Å². The maximum atomic E-state index is 12.7. The molecule has 0 aromatic rings. The molecule has 1 rings (SSSR count). The van der Waals surface area contributed by atoms with Crippen molar-refractivity contribution in [2.24, 2.45) is 0 Å². The van der Waals surface area contributed by atoms with Crippen molar-refractivity contribution in [3.8, 4) is 0 Å². The number of ether oxygens (including phenoxy) is 4. The molecule has 4 N–H and O–H groups in total. The molecule has 0 saturated carbocycles. The minimum atomic E-state index is -1.87. The molecule has 0 bridgehead atoms. The summed E-state index contributed by atoms with van der Waals surface area (Å²) < 4.78 is 21.6. The maximum absolute atomic E-state index is 12.7. The first kappa shape index (κ1) is 49.9. The summed E-state index contributed by atoms with van der Waals surface area (Å²) in [5.74, 6) is -2.53. The highest BCUT2D eigenvalue weighted by molar-refractivity contribution is 5.73. The fourth-order valence-corrected chi connectivity index (χ4v) is 5.85. The van der Waals surface area contributed by atoms with Gasteiger partial charge in [-0.05, 0) is 51.4 Å². The molecule has 0 amide bonds. The van der Waals surface area contributed by atoms with Crippen LogP contribution in [0.25, 0.3) is 0 Å². The number of hydrogen-bond donors (Lipinski definition) is 4. The van der Waals surface area contributed by atoms with E-state index in [1.807, 2.05) is 12.2 Å². The lowest BCUT2D eigenvalue weighted by Crippen LogP contribution is -2.60. The van der Waals surface area contributed by atoms with Crippen molar-refractivity contribution in [2.45, 2.75) is 185 Å². The normalized spacial score (nSPS) is 21.1. The van der Waals surface area contributed by atoms with E-state index in [-0.39, 0.29) is 19.4 Å². The fourth-order valence-electron chi connectivity index (χ4n) is 5.85. The van der Waals surface area contributed by atoms with E-state index >= 15 is 0 Å². The smallest absolute Gasteiger partial charge is 0.335 e. The van der Waals surface area contributed by atoms with Crippen LogP contribution < -0.4 is 0 Å². The molecule has 11 heteroatoms. The zero-order valence-corrected chi connectivity index (χ0v) is 33.6. The van der Waals surface area contributed by atoms with Gasteiger partial charge in [-0.3, -0.25) is 9.59 Å². The fraction of sp³-hybridized carbons (Fsp3) is 0.705. The van der Waals surface area contributed by atoms with E-state index in [9.17, 15) is 34.8 Å². The molecule has 55 heavy (non-hydrogen) atoms. The summed E-state index contributed by atoms with van der Waals surface area (Å²) in [4.78, 5) is 36.7. The Morgan fingerprint density at radius 1 is 0.582 bits per heavy atom. The van der Waals surface area contributed by atoms with Crippen LogP contribution in [0, 0.1) is 0 Å². The highest BCUT2D eigenvalue weighted by Crippen LogP contribution is 2.23. The van der Waals surface area contributed by atoms with Gasteiger partial charge in [-0.15, -0.1) is 0 Å². The number of hydrogen-bond acceptors (Lipinski definition) is 10. The van der Waals surface area contributed by atoms with Crippen LogP contribution in [0.15, 0.2) is 60.8 Å². The summed E-state index contributed by atoms with van der Waals surface area (Å²) in [5, 5.41) is 39.7. The molecule has 1 fully saturated rings. The standard InChI is InChI=1S/C44H72O11/c1-3-5-7-9-11-13-15-17-18-19-20-21-23-24-26-28-30-32-37(45)52-34-36(35-53-44-41(49)39(47)40(48)42(55-44)43(50)51)54-38(46)33-31-29-27-25-22-16-14-12-10-8-6-4-2/h5,7,11,13,17-18,20-21,24,26,36,39-42,44,47-49H,3-4,6,8-10,12,14-16,19,22-23,25,27-35H2,1-2H3,(H,50,51)/b7-5-,13-11-,18-17-,21-20-,26-24-. The molecule has 11 nitrogen and oxygen atoms in total. The number of rotatable bonds is 33. The summed E-state index contributed by atoms with van der Waals surface area (Å²) in [5.41, 5.74) is 0. The summed E-state index contributed by atoms with van der Waals surface area (Å²) in [7, 11) is 0. The van der Waals surface area contributed by atoms with E-state index < -0.39 is 61.3 Å². The van der Waals surface area contributed by atoms with Gasteiger partial charge in [0.05, 0.1) is 6.61 Å². The van der Waals surface area contributed by atoms with Gasteiger partial charge in [-0.25, -0.2) is 4.79 Å². The predicted molar refractivity (Wildman–Crippen MR) is 215 cm³/mol. The van der Waals surface area contributed by atoms with Crippen LogP contribution in [-0.4, -0.2) is 88.4 Å². The SMILES string of the molecule is CC/C=C\C/C=C\C/C=C\C/C=C\C/C=C\CCCC(=O)OCC(COC1OC(C(=O)O)C(O)C(O)C1O)OC(=O)CCCCCCCCCCCCCC. The molecule has 0 aliphatic carbocycles. The van der Waals surface area contributed by atoms with Crippen LogP contribution in [0.1, 0.15) is 149 Å². The van der Waals surface area contributed by atoms with Crippen molar-refractivity contribution < 1.29 is 53.8 Å². The first-order valence-electron chi connectivity index (χ1n) is 20.8. The second-order valence-corrected chi connectivity index (χ2v) is 14.1. The quantitative estimate of drug-likeness (QED) is 0.0287. The molecule has 0 spiro atoms. The molecular formula is C44H72O11. The lowest BCUT2D eigenvalue weighted by molar-refractivity contribution is -0.298. The van der Waals surface area contributed by atoms with Gasteiger partial charge in [0, 0.05) is 12.8 Å². The minimum Gasteiger partial charge on any atom is -0.479 e. The summed E-state index contributed by atoms with van der Waals surface area (Å²) in [6.45, 7) is 3.62. The van der Waals surface area contributed by atoms with Crippen LogP contribution >= 0.6 is 0 Å². The van der Waals surface area contributed by atoms with Gasteiger partial charge >= 0.3 is 17.9 Å². The molecule has 1 aliphatic rings. The number of carbonyl (C=O) groups is 3. The first-order chi connectivity index (χ1) is 26.7. The van der Waals surface area contributed by atoms with Crippen molar-refractivity contribution >= 4 is 17.9 Å². The molecule has 314 valence electrons. The van der Waals surface area contributed by atoms with Crippen molar-refractivity contribution in [3.63, 3.8) is 0 Å². The Hall–Kier alpha value is -3.09. The Bertz CT molecular complexity index is 1140. The number of esters is 2. The van der Waals surface area contributed by atoms with Gasteiger partial charge in [-0.2, -0.15) is 0 Å². The second kappa shape index (κ2) is 34.2. The topological polar surface area (TPSA) is 169 Å². The third kappa shape index (κ3) is 26.4. The van der Waals surface area contributed by atoms with Gasteiger partial charge in [-0.1, -0.05) is 145 Å². The molecular weight excluding hydrogens is 704 g/mol.